The number of thiophene rings is 1. The highest BCUT2D eigenvalue weighted by Crippen LogP contribution is 2.27. The maximum absolute atomic E-state index is 10.3. The molecule has 0 amide bonds. The lowest BCUT2D eigenvalue weighted by molar-refractivity contribution is 0.00265. The van der Waals surface area contributed by atoms with Crippen LogP contribution in [0.5, 0.6) is 0 Å². The third kappa shape index (κ3) is 3.78. The summed E-state index contributed by atoms with van der Waals surface area (Å²) < 4.78 is 0. The van der Waals surface area contributed by atoms with E-state index >= 15 is 0 Å². The molecule has 1 aromatic rings. The van der Waals surface area contributed by atoms with Gasteiger partial charge < -0.3 is 15.5 Å². The van der Waals surface area contributed by atoms with Crippen molar-refractivity contribution in [2.75, 3.05) is 13.1 Å². The summed E-state index contributed by atoms with van der Waals surface area (Å²) in [5.74, 6) is 0. The molecule has 1 saturated carbocycles. The Hall–Kier alpha value is -0.420. The van der Waals surface area contributed by atoms with Crippen LogP contribution in [0.25, 0.3) is 0 Å². The van der Waals surface area contributed by atoms with Gasteiger partial charge in [0.2, 0.25) is 0 Å². The molecule has 96 valence electrons. The molecule has 1 fully saturated rings. The first-order chi connectivity index (χ1) is 8.20. The molecule has 0 spiro atoms. The molecule has 0 aromatic carbocycles. The maximum atomic E-state index is 10.3. The molecule has 17 heavy (non-hydrogen) atoms. The summed E-state index contributed by atoms with van der Waals surface area (Å²) in [5, 5.41) is 27.3. The third-order valence-corrected chi connectivity index (χ3v) is 4.21. The third-order valence-electron chi connectivity index (χ3n) is 3.50. The summed E-state index contributed by atoms with van der Waals surface area (Å²) in [6, 6.07) is 1.94. The summed E-state index contributed by atoms with van der Waals surface area (Å²) in [6.45, 7) is 1.10. The zero-order valence-corrected chi connectivity index (χ0v) is 10.9. The minimum Gasteiger partial charge on any atom is -0.389 e. The van der Waals surface area contributed by atoms with Crippen LogP contribution < -0.4 is 5.32 Å². The lowest BCUT2D eigenvalue weighted by atomic mass is 9.85. The van der Waals surface area contributed by atoms with Crippen molar-refractivity contribution >= 4 is 11.3 Å². The first-order valence-corrected chi connectivity index (χ1v) is 7.27. The van der Waals surface area contributed by atoms with Gasteiger partial charge in [-0.1, -0.05) is 19.3 Å². The lowest BCUT2D eigenvalue weighted by Crippen LogP contribution is -2.43. The fourth-order valence-corrected chi connectivity index (χ4v) is 3.12. The summed E-state index contributed by atoms with van der Waals surface area (Å²) >= 11 is 1.59. The van der Waals surface area contributed by atoms with Crippen LogP contribution in [0, 0.1) is 0 Å². The fraction of sp³-hybridized carbons (Fsp3) is 0.692. The molecule has 1 heterocycles. The summed E-state index contributed by atoms with van der Waals surface area (Å²) in [6.07, 6.45) is 4.77. The Balaban J connectivity index is 1.72. The molecule has 3 nitrogen and oxygen atoms in total. The van der Waals surface area contributed by atoms with Crippen LogP contribution in [-0.4, -0.2) is 28.9 Å². The molecule has 3 N–H and O–H groups in total. The standard InChI is InChI=1S/C13H21NO2S/c15-12(11-4-7-17-9-11)8-14-10-13(16)5-2-1-3-6-13/h4,7,9,12,14-16H,1-3,5-6,8,10H2. The normalized spacial score (nSPS) is 21.3. The molecule has 2 rings (SSSR count). The zero-order valence-electron chi connectivity index (χ0n) is 10.1. The van der Waals surface area contributed by atoms with Crippen molar-refractivity contribution in [3.05, 3.63) is 22.4 Å². The van der Waals surface area contributed by atoms with E-state index in [-0.39, 0.29) is 0 Å². The number of aliphatic hydroxyl groups excluding tert-OH is 1. The molecule has 0 radical (unpaired) electrons. The molecule has 1 aliphatic carbocycles. The van der Waals surface area contributed by atoms with E-state index in [1.165, 1.54) is 6.42 Å². The number of nitrogens with one attached hydrogen (secondary N) is 1. The van der Waals surface area contributed by atoms with Gasteiger partial charge in [-0.2, -0.15) is 11.3 Å². The molecule has 1 unspecified atom stereocenters. The van der Waals surface area contributed by atoms with Crippen molar-refractivity contribution in [1.29, 1.82) is 0 Å². The van der Waals surface area contributed by atoms with Crippen LogP contribution in [-0.2, 0) is 0 Å². The van der Waals surface area contributed by atoms with Crippen molar-refractivity contribution in [3.63, 3.8) is 0 Å². The van der Waals surface area contributed by atoms with Gasteiger partial charge in [0.25, 0.3) is 0 Å². The Morgan fingerprint density at radius 3 is 2.76 bits per heavy atom. The van der Waals surface area contributed by atoms with E-state index in [1.54, 1.807) is 11.3 Å². The highest BCUT2D eigenvalue weighted by molar-refractivity contribution is 7.07. The second kappa shape index (κ2) is 5.96. The van der Waals surface area contributed by atoms with Gasteiger partial charge in [0, 0.05) is 13.1 Å². The Kier molecular flexibility index (Phi) is 4.56. The van der Waals surface area contributed by atoms with Gasteiger partial charge in [0.05, 0.1) is 11.7 Å². The Labute approximate surface area is 106 Å². The minimum atomic E-state index is -0.549. The second-order valence-corrected chi connectivity index (χ2v) is 5.77. The number of hydrogen-bond donors (Lipinski definition) is 3. The highest BCUT2D eigenvalue weighted by Gasteiger charge is 2.28. The highest BCUT2D eigenvalue weighted by atomic mass is 32.1. The Morgan fingerprint density at radius 2 is 2.12 bits per heavy atom. The monoisotopic (exact) mass is 255 g/mol. The van der Waals surface area contributed by atoms with Gasteiger partial charge in [-0.25, -0.2) is 0 Å². The molecule has 1 aromatic heterocycles. The average molecular weight is 255 g/mol. The van der Waals surface area contributed by atoms with Gasteiger partial charge in [-0.3, -0.25) is 0 Å². The molecule has 1 atom stereocenters. The topological polar surface area (TPSA) is 52.5 Å². The molecule has 0 bridgehead atoms. The summed E-state index contributed by atoms with van der Waals surface area (Å²) in [5.41, 5.74) is 0.408. The van der Waals surface area contributed by atoms with Crippen molar-refractivity contribution in [2.24, 2.45) is 0 Å². The quantitative estimate of drug-likeness (QED) is 0.755. The molecular formula is C13H21NO2S. The second-order valence-electron chi connectivity index (χ2n) is 4.99. The van der Waals surface area contributed by atoms with E-state index in [4.69, 9.17) is 0 Å². The van der Waals surface area contributed by atoms with Crippen LogP contribution in [0.4, 0.5) is 0 Å². The molecule has 4 heteroatoms. The van der Waals surface area contributed by atoms with Crippen molar-refractivity contribution in [1.82, 2.24) is 5.32 Å². The fourth-order valence-electron chi connectivity index (χ4n) is 2.41. The van der Waals surface area contributed by atoms with Crippen molar-refractivity contribution in [3.8, 4) is 0 Å². The summed E-state index contributed by atoms with van der Waals surface area (Å²) in [4.78, 5) is 0. The molecular weight excluding hydrogens is 234 g/mol. The van der Waals surface area contributed by atoms with E-state index in [0.29, 0.717) is 13.1 Å². The largest absolute Gasteiger partial charge is 0.389 e. The smallest absolute Gasteiger partial charge is 0.0922 e. The minimum absolute atomic E-state index is 0.464. The summed E-state index contributed by atoms with van der Waals surface area (Å²) in [7, 11) is 0. The average Bonchev–Trinajstić information content (AvgIpc) is 2.83. The number of hydrogen-bond acceptors (Lipinski definition) is 4. The van der Waals surface area contributed by atoms with Crippen LogP contribution in [0.15, 0.2) is 16.8 Å². The van der Waals surface area contributed by atoms with Gasteiger partial charge in [-0.05, 0) is 35.2 Å². The van der Waals surface area contributed by atoms with Crippen LogP contribution in [0.2, 0.25) is 0 Å². The SMILES string of the molecule is OC(CNCC1(O)CCCCC1)c1ccsc1. The van der Waals surface area contributed by atoms with Gasteiger partial charge in [0.1, 0.15) is 0 Å². The van der Waals surface area contributed by atoms with E-state index < -0.39 is 11.7 Å². The van der Waals surface area contributed by atoms with Crippen LogP contribution in [0.3, 0.4) is 0 Å². The lowest BCUT2D eigenvalue weighted by Gasteiger charge is -2.32. The van der Waals surface area contributed by atoms with Crippen molar-refractivity contribution in [2.45, 2.75) is 43.8 Å². The molecule has 0 aliphatic heterocycles. The Morgan fingerprint density at radius 1 is 1.35 bits per heavy atom. The van der Waals surface area contributed by atoms with E-state index in [0.717, 1.165) is 31.2 Å². The predicted octanol–water partition coefficient (Wildman–Crippen LogP) is 2.07. The van der Waals surface area contributed by atoms with E-state index in [2.05, 4.69) is 5.32 Å². The van der Waals surface area contributed by atoms with Gasteiger partial charge in [0.15, 0.2) is 0 Å². The first kappa shape index (κ1) is 13.0. The Bertz CT molecular complexity index is 320. The van der Waals surface area contributed by atoms with Gasteiger partial charge >= 0.3 is 0 Å². The van der Waals surface area contributed by atoms with Crippen LogP contribution >= 0.6 is 11.3 Å². The first-order valence-electron chi connectivity index (χ1n) is 6.33. The zero-order chi connectivity index (χ0) is 12.1. The molecule has 1 aliphatic rings. The maximum Gasteiger partial charge on any atom is 0.0922 e. The van der Waals surface area contributed by atoms with Gasteiger partial charge in [-0.15, -0.1) is 0 Å². The number of rotatable bonds is 5. The van der Waals surface area contributed by atoms with E-state index in [1.807, 2.05) is 16.8 Å². The van der Waals surface area contributed by atoms with Crippen LogP contribution in [0.1, 0.15) is 43.8 Å². The van der Waals surface area contributed by atoms with E-state index in [9.17, 15) is 10.2 Å². The predicted molar refractivity (Wildman–Crippen MR) is 70.2 cm³/mol. The number of aliphatic hydroxyl groups is 2. The van der Waals surface area contributed by atoms with Crippen molar-refractivity contribution < 1.29 is 10.2 Å². The molecule has 0 saturated heterocycles.